The molecule has 5 rings (SSSR count). The molecule has 190 valence electrons. The average molecular weight is 485 g/mol. The fourth-order valence-corrected chi connectivity index (χ4v) is 6.00. The Labute approximate surface area is 214 Å². The van der Waals surface area contributed by atoms with Gasteiger partial charge in [-0.15, -0.1) is 0 Å². The van der Waals surface area contributed by atoms with E-state index in [2.05, 4.69) is 87.9 Å². The summed E-state index contributed by atoms with van der Waals surface area (Å²) in [7, 11) is 0. The highest BCUT2D eigenvalue weighted by molar-refractivity contribution is 5.78. The Bertz CT molecular complexity index is 1350. The summed E-state index contributed by atoms with van der Waals surface area (Å²) in [6.45, 7) is 15.9. The zero-order valence-corrected chi connectivity index (χ0v) is 22.9. The molecule has 0 saturated carbocycles. The lowest BCUT2D eigenvalue weighted by molar-refractivity contribution is 0.323. The third kappa shape index (κ3) is 4.70. The van der Waals surface area contributed by atoms with Crippen molar-refractivity contribution < 1.29 is 0 Å². The number of H-pyrrole nitrogens is 2. The molecule has 4 aromatic heterocycles. The van der Waals surface area contributed by atoms with E-state index in [0.717, 1.165) is 53.8 Å². The van der Waals surface area contributed by atoms with Crippen molar-refractivity contribution in [1.29, 1.82) is 0 Å². The van der Waals surface area contributed by atoms with Gasteiger partial charge >= 0.3 is 0 Å². The second kappa shape index (κ2) is 8.82. The highest BCUT2D eigenvalue weighted by Gasteiger charge is 2.35. The zero-order valence-electron chi connectivity index (χ0n) is 22.9. The molecule has 1 atom stereocenters. The van der Waals surface area contributed by atoms with Crippen LogP contribution in [0.1, 0.15) is 95.3 Å². The standard InChI is InChI=1S/C30H40N6/c1-28(2,3)26-21-16-19(11-13-22(21)33-35-26)17-30(6,7)27-25-23(34-36-27)14-12-20(32-25)18-29(4,5)24-10-8-9-15-31-24/h8-10,12,14-15,19H,11,13,16-18H2,1-7H3,(H,33,35)(H,34,36). The van der Waals surface area contributed by atoms with Gasteiger partial charge in [-0.2, -0.15) is 10.2 Å². The summed E-state index contributed by atoms with van der Waals surface area (Å²) in [4.78, 5) is 9.74. The quantitative estimate of drug-likeness (QED) is 0.333. The smallest absolute Gasteiger partial charge is 0.112 e. The number of rotatable bonds is 6. The molecule has 2 N–H and O–H groups in total. The third-order valence-corrected chi connectivity index (χ3v) is 7.85. The maximum Gasteiger partial charge on any atom is 0.112 e. The number of nitrogens with zero attached hydrogens (tertiary/aromatic N) is 4. The van der Waals surface area contributed by atoms with Crippen LogP contribution in [0.3, 0.4) is 0 Å². The molecule has 1 aliphatic carbocycles. The van der Waals surface area contributed by atoms with Crippen LogP contribution in [-0.2, 0) is 35.5 Å². The predicted octanol–water partition coefficient (Wildman–Crippen LogP) is 6.37. The molecule has 0 fully saturated rings. The molecule has 0 radical (unpaired) electrons. The van der Waals surface area contributed by atoms with Crippen LogP contribution in [0.4, 0.5) is 0 Å². The van der Waals surface area contributed by atoms with Gasteiger partial charge in [0.2, 0.25) is 0 Å². The van der Waals surface area contributed by atoms with E-state index in [1.54, 1.807) is 0 Å². The van der Waals surface area contributed by atoms with Crippen molar-refractivity contribution >= 4 is 11.0 Å². The molecule has 0 spiro atoms. The Morgan fingerprint density at radius 2 is 1.67 bits per heavy atom. The van der Waals surface area contributed by atoms with Gasteiger partial charge in [0, 0.05) is 45.9 Å². The summed E-state index contributed by atoms with van der Waals surface area (Å²) in [5.74, 6) is 0.601. The lowest BCUT2D eigenvalue weighted by Crippen LogP contribution is -2.27. The van der Waals surface area contributed by atoms with E-state index in [1.807, 2.05) is 12.3 Å². The lowest BCUT2D eigenvalue weighted by Gasteiger charge is -2.31. The van der Waals surface area contributed by atoms with Crippen LogP contribution in [0.2, 0.25) is 0 Å². The van der Waals surface area contributed by atoms with Crippen molar-refractivity contribution in [3.05, 3.63) is 70.6 Å². The number of pyridine rings is 2. The summed E-state index contributed by atoms with van der Waals surface area (Å²) >= 11 is 0. The first-order chi connectivity index (χ1) is 16.9. The molecule has 6 nitrogen and oxygen atoms in total. The molecule has 36 heavy (non-hydrogen) atoms. The van der Waals surface area contributed by atoms with E-state index < -0.39 is 0 Å². The van der Waals surface area contributed by atoms with E-state index in [9.17, 15) is 0 Å². The molecular formula is C30H40N6. The minimum atomic E-state index is -0.101. The van der Waals surface area contributed by atoms with E-state index in [1.165, 1.54) is 23.4 Å². The number of hydrogen-bond donors (Lipinski definition) is 2. The van der Waals surface area contributed by atoms with Crippen molar-refractivity contribution in [2.45, 2.75) is 96.8 Å². The summed E-state index contributed by atoms with van der Waals surface area (Å²) in [5.41, 5.74) is 9.12. The first-order valence-electron chi connectivity index (χ1n) is 13.3. The van der Waals surface area contributed by atoms with E-state index >= 15 is 0 Å². The number of hydrogen-bond acceptors (Lipinski definition) is 4. The highest BCUT2D eigenvalue weighted by Crippen LogP contribution is 2.40. The van der Waals surface area contributed by atoms with Gasteiger partial charge in [-0.3, -0.25) is 15.2 Å². The minimum Gasteiger partial charge on any atom is -0.282 e. The van der Waals surface area contributed by atoms with Crippen molar-refractivity contribution in [1.82, 2.24) is 30.4 Å². The number of nitrogens with one attached hydrogen (secondary N) is 2. The van der Waals surface area contributed by atoms with Gasteiger partial charge in [0.1, 0.15) is 5.52 Å². The maximum absolute atomic E-state index is 5.14. The van der Waals surface area contributed by atoms with Crippen LogP contribution in [0, 0.1) is 5.92 Å². The molecule has 0 amide bonds. The Balaban J connectivity index is 1.39. The molecule has 4 aromatic rings. The molecule has 0 aliphatic heterocycles. The number of fused-ring (bicyclic) bond motifs is 2. The van der Waals surface area contributed by atoms with E-state index in [4.69, 9.17) is 15.2 Å². The molecule has 6 heteroatoms. The van der Waals surface area contributed by atoms with Gasteiger partial charge in [-0.1, -0.05) is 54.5 Å². The Morgan fingerprint density at radius 3 is 2.39 bits per heavy atom. The molecule has 1 aliphatic rings. The highest BCUT2D eigenvalue weighted by atomic mass is 15.1. The molecule has 4 heterocycles. The predicted molar refractivity (Wildman–Crippen MR) is 145 cm³/mol. The summed E-state index contributed by atoms with van der Waals surface area (Å²) in [5, 5.41) is 16.1. The second-order valence-electron chi connectivity index (χ2n) is 13.0. The van der Waals surface area contributed by atoms with Gasteiger partial charge in [0.15, 0.2) is 0 Å². The first-order valence-corrected chi connectivity index (χ1v) is 13.3. The normalized spacial score (nSPS) is 16.9. The Kier molecular flexibility index (Phi) is 6.05. The van der Waals surface area contributed by atoms with Gasteiger partial charge in [0.05, 0.1) is 16.9 Å². The van der Waals surface area contributed by atoms with Crippen molar-refractivity contribution in [3.63, 3.8) is 0 Å². The Hall–Kier alpha value is -3.02. The third-order valence-electron chi connectivity index (χ3n) is 7.85. The van der Waals surface area contributed by atoms with Gasteiger partial charge < -0.3 is 0 Å². The molecule has 1 unspecified atom stereocenters. The topological polar surface area (TPSA) is 83.1 Å². The van der Waals surface area contributed by atoms with Gasteiger partial charge in [-0.25, -0.2) is 4.98 Å². The molecule has 0 aromatic carbocycles. The molecular weight excluding hydrogens is 444 g/mol. The van der Waals surface area contributed by atoms with Crippen molar-refractivity contribution in [2.75, 3.05) is 0 Å². The fraction of sp³-hybridized carbons (Fsp3) is 0.533. The molecule has 0 bridgehead atoms. The van der Waals surface area contributed by atoms with Crippen LogP contribution >= 0.6 is 0 Å². The van der Waals surface area contributed by atoms with Crippen LogP contribution in [-0.4, -0.2) is 30.4 Å². The number of aryl methyl sites for hydroxylation is 1. The maximum atomic E-state index is 5.14. The summed E-state index contributed by atoms with van der Waals surface area (Å²) in [6, 6.07) is 10.4. The minimum absolute atomic E-state index is 0.0588. The average Bonchev–Trinajstić information content (AvgIpc) is 3.43. The zero-order chi connectivity index (χ0) is 25.7. The first kappa shape index (κ1) is 24.7. The number of aromatic amines is 2. The summed E-state index contributed by atoms with van der Waals surface area (Å²) < 4.78 is 0. The Morgan fingerprint density at radius 1 is 0.889 bits per heavy atom. The van der Waals surface area contributed by atoms with Gasteiger partial charge in [0.25, 0.3) is 0 Å². The monoisotopic (exact) mass is 484 g/mol. The number of aromatic nitrogens is 6. The van der Waals surface area contributed by atoms with Crippen molar-refractivity contribution in [3.8, 4) is 0 Å². The van der Waals surface area contributed by atoms with Gasteiger partial charge in [-0.05, 0) is 61.4 Å². The van der Waals surface area contributed by atoms with Crippen LogP contribution in [0.15, 0.2) is 36.5 Å². The second-order valence-corrected chi connectivity index (χ2v) is 13.0. The summed E-state index contributed by atoms with van der Waals surface area (Å²) in [6.07, 6.45) is 7.11. The van der Waals surface area contributed by atoms with Crippen molar-refractivity contribution in [2.24, 2.45) is 5.92 Å². The van der Waals surface area contributed by atoms with Crippen LogP contribution in [0.5, 0.6) is 0 Å². The van der Waals surface area contributed by atoms with E-state index in [-0.39, 0.29) is 16.2 Å². The van der Waals surface area contributed by atoms with E-state index in [0.29, 0.717) is 5.92 Å². The SMILES string of the molecule is CC(C)(C)c1n[nH]c2c1CC(CC(C)(C)c1n[nH]c3ccc(CC(C)(C)c4ccccn4)nc13)CC2. The largest absolute Gasteiger partial charge is 0.282 e. The lowest BCUT2D eigenvalue weighted by atomic mass is 9.73. The van der Waals surface area contributed by atoms with Crippen LogP contribution in [0.25, 0.3) is 11.0 Å². The molecule has 0 saturated heterocycles. The van der Waals surface area contributed by atoms with Crippen LogP contribution < -0.4 is 0 Å². The fourth-order valence-electron chi connectivity index (χ4n) is 6.00.